The summed E-state index contributed by atoms with van der Waals surface area (Å²) >= 11 is 1.62. The highest BCUT2D eigenvalue weighted by Gasteiger charge is 2.11. The van der Waals surface area contributed by atoms with Crippen LogP contribution in [-0.4, -0.2) is 15.5 Å². The Hall–Kier alpha value is -3.18. The van der Waals surface area contributed by atoms with E-state index in [1.54, 1.807) is 11.3 Å². The van der Waals surface area contributed by atoms with Crippen LogP contribution in [0.1, 0.15) is 20.9 Å². The topological polar surface area (TPSA) is 46.9 Å². The Labute approximate surface area is 162 Å². The largest absolute Gasteiger partial charge is 0.347 e. The molecule has 0 bridgehead atoms. The van der Waals surface area contributed by atoms with Gasteiger partial charge in [-0.1, -0.05) is 30.3 Å². The maximum absolute atomic E-state index is 12.5. The second-order valence-corrected chi connectivity index (χ2v) is 7.30. The quantitative estimate of drug-likeness (QED) is 0.544. The molecule has 2 heterocycles. The number of carbonyl (C=O) groups is 1. The zero-order valence-electron chi connectivity index (χ0n) is 14.9. The lowest BCUT2D eigenvalue weighted by molar-refractivity contribution is 0.0951. The van der Waals surface area contributed by atoms with E-state index in [0.717, 1.165) is 26.8 Å². The van der Waals surface area contributed by atoms with Crippen molar-refractivity contribution >= 4 is 17.2 Å². The van der Waals surface area contributed by atoms with E-state index in [1.807, 2.05) is 90.6 Å². The molecular weight excluding hydrogens is 354 g/mol. The second-order valence-electron chi connectivity index (χ2n) is 6.21. The molecular formula is C22H19N3OS. The minimum absolute atomic E-state index is 0.0804. The standard InChI is InChI=1S/C22H19N3OS/c1-16-20(27-22(24-16)18-7-3-2-4-8-18)15-23-21(26)17-9-11-19(12-10-17)25-13-5-6-14-25/h2-14H,15H2,1H3,(H,23,26). The van der Waals surface area contributed by atoms with Gasteiger partial charge >= 0.3 is 0 Å². The van der Waals surface area contributed by atoms with Gasteiger partial charge in [0.1, 0.15) is 5.01 Å². The molecule has 1 amide bonds. The highest BCUT2D eigenvalue weighted by molar-refractivity contribution is 7.15. The molecule has 0 spiro atoms. The van der Waals surface area contributed by atoms with Crippen molar-refractivity contribution in [3.63, 3.8) is 0 Å². The Balaban J connectivity index is 1.43. The SMILES string of the molecule is Cc1nc(-c2ccccc2)sc1CNC(=O)c1ccc(-n2cccc2)cc1. The first-order valence-corrected chi connectivity index (χ1v) is 9.56. The number of hydrogen-bond donors (Lipinski definition) is 1. The fourth-order valence-corrected chi connectivity index (χ4v) is 3.86. The third-order valence-corrected chi connectivity index (χ3v) is 5.56. The van der Waals surface area contributed by atoms with Gasteiger partial charge in [-0.15, -0.1) is 11.3 Å². The van der Waals surface area contributed by atoms with Crippen molar-refractivity contribution in [1.29, 1.82) is 0 Å². The molecule has 0 unspecified atom stereocenters. The minimum Gasteiger partial charge on any atom is -0.347 e. The summed E-state index contributed by atoms with van der Waals surface area (Å²) in [5.41, 5.74) is 3.74. The molecule has 0 saturated carbocycles. The Morgan fingerprint density at radius 2 is 1.70 bits per heavy atom. The summed E-state index contributed by atoms with van der Waals surface area (Å²) in [6, 6.07) is 21.6. The van der Waals surface area contributed by atoms with Gasteiger partial charge in [-0.25, -0.2) is 4.98 Å². The summed E-state index contributed by atoms with van der Waals surface area (Å²) in [7, 11) is 0. The van der Waals surface area contributed by atoms with E-state index in [-0.39, 0.29) is 5.91 Å². The molecule has 1 N–H and O–H groups in total. The van der Waals surface area contributed by atoms with Crippen molar-refractivity contribution in [3.05, 3.63) is 95.3 Å². The molecule has 4 rings (SSSR count). The number of aryl methyl sites for hydroxylation is 1. The van der Waals surface area contributed by atoms with Crippen LogP contribution in [0, 0.1) is 6.92 Å². The normalized spacial score (nSPS) is 10.7. The monoisotopic (exact) mass is 373 g/mol. The van der Waals surface area contributed by atoms with E-state index in [1.165, 1.54) is 0 Å². The highest BCUT2D eigenvalue weighted by atomic mass is 32.1. The van der Waals surface area contributed by atoms with Crippen molar-refractivity contribution in [2.45, 2.75) is 13.5 Å². The Morgan fingerprint density at radius 3 is 2.41 bits per heavy atom. The molecule has 0 radical (unpaired) electrons. The molecule has 0 saturated heterocycles. The zero-order chi connectivity index (χ0) is 18.6. The van der Waals surface area contributed by atoms with Gasteiger partial charge in [0, 0.05) is 34.1 Å². The van der Waals surface area contributed by atoms with Crippen LogP contribution in [0.2, 0.25) is 0 Å². The van der Waals surface area contributed by atoms with Gasteiger partial charge in [0.15, 0.2) is 0 Å². The maximum atomic E-state index is 12.5. The number of carbonyl (C=O) groups excluding carboxylic acids is 1. The maximum Gasteiger partial charge on any atom is 0.251 e. The van der Waals surface area contributed by atoms with Crippen molar-refractivity contribution < 1.29 is 4.79 Å². The van der Waals surface area contributed by atoms with Crippen molar-refractivity contribution in [2.75, 3.05) is 0 Å². The van der Waals surface area contributed by atoms with Crippen LogP contribution >= 0.6 is 11.3 Å². The number of rotatable bonds is 5. The van der Waals surface area contributed by atoms with Gasteiger partial charge < -0.3 is 9.88 Å². The molecule has 5 heteroatoms. The van der Waals surface area contributed by atoms with Gasteiger partial charge in [0.2, 0.25) is 0 Å². The van der Waals surface area contributed by atoms with Crippen LogP contribution in [-0.2, 0) is 6.54 Å². The number of hydrogen-bond acceptors (Lipinski definition) is 3. The van der Waals surface area contributed by atoms with Gasteiger partial charge in [-0.3, -0.25) is 4.79 Å². The molecule has 0 aliphatic rings. The number of nitrogens with one attached hydrogen (secondary N) is 1. The summed E-state index contributed by atoms with van der Waals surface area (Å²) < 4.78 is 2.01. The molecule has 0 atom stereocenters. The fraction of sp³-hybridized carbons (Fsp3) is 0.0909. The van der Waals surface area contributed by atoms with Gasteiger partial charge in [0.25, 0.3) is 5.91 Å². The average Bonchev–Trinajstić information content (AvgIpc) is 3.37. The lowest BCUT2D eigenvalue weighted by Gasteiger charge is -2.06. The molecule has 4 aromatic rings. The van der Waals surface area contributed by atoms with Crippen LogP contribution in [0.25, 0.3) is 16.3 Å². The molecule has 2 aromatic heterocycles. The van der Waals surface area contributed by atoms with E-state index in [9.17, 15) is 4.79 Å². The van der Waals surface area contributed by atoms with E-state index in [0.29, 0.717) is 12.1 Å². The first-order chi connectivity index (χ1) is 13.2. The smallest absolute Gasteiger partial charge is 0.251 e. The van der Waals surface area contributed by atoms with E-state index >= 15 is 0 Å². The Kier molecular flexibility index (Phi) is 4.85. The van der Waals surface area contributed by atoms with Crippen LogP contribution in [0.3, 0.4) is 0 Å². The van der Waals surface area contributed by atoms with Gasteiger partial charge in [-0.2, -0.15) is 0 Å². The predicted octanol–water partition coefficient (Wildman–Crippen LogP) is 4.84. The number of aromatic nitrogens is 2. The Bertz CT molecular complexity index is 1040. The lowest BCUT2D eigenvalue weighted by Crippen LogP contribution is -2.22. The molecule has 0 aliphatic heterocycles. The molecule has 27 heavy (non-hydrogen) atoms. The van der Waals surface area contributed by atoms with E-state index in [4.69, 9.17) is 0 Å². The summed E-state index contributed by atoms with van der Waals surface area (Å²) in [6.45, 7) is 2.46. The first kappa shape index (κ1) is 17.2. The predicted molar refractivity (Wildman–Crippen MR) is 109 cm³/mol. The van der Waals surface area contributed by atoms with Crippen LogP contribution in [0.5, 0.6) is 0 Å². The average molecular weight is 373 g/mol. The molecule has 0 fully saturated rings. The third-order valence-electron chi connectivity index (χ3n) is 4.35. The van der Waals surface area contributed by atoms with E-state index < -0.39 is 0 Å². The molecule has 134 valence electrons. The van der Waals surface area contributed by atoms with E-state index in [2.05, 4.69) is 10.3 Å². The molecule has 4 nitrogen and oxygen atoms in total. The van der Waals surface area contributed by atoms with Gasteiger partial charge in [0.05, 0.1) is 12.2 Å². The fourth-order valence-electron chi connectivity index (χ4n) is 2.85. The van der Waals surface area contributed by atoms with Crippen molar-refractivity contribution in [1.82, 2.24) is 14.9 Å². The zero-order valence-corrected chi connectivity index (χ0v) is 15.7. The minimum atomic E-state index is -0.0804. The Morgan fingerprint density at radius 1 is 1.00 bits per heavy atom. The van der Waals surface area contributed by atoms with Crippen LogP contribution in [0.15, 0.2) is 79.1 Å². The number of nitrogens with zero attached hydrogens (tertiary/aromatic N) is 2. The number of benzene rings is 2. The van der Waals surface area contributed by atoms with Gasteiger partial charge in [-0.05, 0) is 43.3 Å². The summed E-state index contributed by atoms with van der Waals surface area (Å²) in [4.78, 5) is 18.2. The molecule has 0 aliphatic carbocycles. The second kappa shape index (κ2) is 7.60. The highest BCUT2D eigenvalue weighted by Crippen LogP contribution is 2.27. The third kappa shape index (κ3) is 3.83. The molecule has 2 aromatic carbocycles. The van der Waals surface area contributed by atoms with Crippen LogP contribution < -0.4 is 5.32 Å². The lowest BCUT2D eigenvalue weighted by atomic mass is 10.2. The van der Waals surface area contributed by atoms with Crippen LogP contribution in [0.4, 0.5) is 0 Å². The summed E-state index contributed by atoms with van der Waals surface area (Å²) in [5.74, 6) is -0.0804. The van der Waals surface area contributed by atoms with Crippen molar-refractivity contribution in [2.24, 2.45) is 0 Å². The van der Waals surface area contributed by atoms with Crippen molar-refractivity contribution in [3.8, 4) is 16.3 Å². The first-order valence-electron chi connectivity index (χ1n) is 8.74. The number of thiazole rings is 1. The summed E-state index contributed by atoms with van der Waals surface area (Å²) in [6.07, 6.45) is 3.96. The summed E-state index contributed by atoms with van der Waals surface area (Å²) in [5, 5.41) is 3.98. The number of amides is 1.